The van der Waals surface area contributed by atoms with Crippen LogP contribution in [0, 0.1) is 0 Å². The molecule has 1 unspecified atom stereocenters. The highest BCUT2D eigenvalue weighted by molar-refractivity contribution is 5.85. The molecule has 0 radical (unpaired) electrons. The first-order valence-corrected chi connectivity index (χ1v) is 3.90. The van der Waals surface area contributed by atoms with Crippen LogP contribution in [0.2, 0.25) is 0 Å². The monoisotopic (exact) mass is 241 g/mol. The van der Waals surface area contributed by atoms with E-state index in [4.69, 9.17) is 5.73 Å². The maximum Gasteiger partial charge on any atom is 0.421 e. The Morgan fingerprint density at radius 1 is 1.13 bits per heavy atom. The molecule has 0 aliphatic carbocycles. The first-order chi connectivity index (χ1) is 6.25. The van der Waals surface area contributed by atoms with E-state index < -0.39 is 11.8 Å². The predicted octanol–water partition coefficient (Wildman–Crippen LogP) is 2.46. The van der Waals surface area contributed by atoms with Crippen LogP contribution in [0.25, 0.3) is 0 Å². The van der Waals surface area contributed by atoms with E-state index in [0.717, 1.165) is 12.1 Å². The lowest BCUT2D eigenvalue weighted by Gasteiger charge is -2.26. The summed E-state index contributed by atoms with van der Waals surface area (Å²) in [6.45, 7) is 0.707. The number of halogens is 4. The SMILES string of the molecule is CC(O)(c1ccc(N)cc1)C(F)(F)F.Cl. The van der Waals surface area contributed by atoms with Crippen LogP contribution in [-0.2, 0) is 5.60 Å². The first kappa shape index (κ1) is 14.1. The van der Waals surface area contributed by atoms with E-state index in [2.05, 4.69) is 0 Å². The Labute approximate surface area is 91.3 Å². The van der Waals surface area contributed by atoms with Crippen LogP contribution in [0.4, 0.5) is 18.9 Å². The minimum absolute atomic E-state index is 0. The molecule has 0 aromatic heterocycles. The normalized spacial score (nSPS) is 15.3. The summed E-state index contributed by atoms with van der Waals surface area (Å²) in [5.41, 5.74) is 2.61. The second-order valence-electron chi connectivity index (χ2n) is 3.19. The van der Waals surface area contributed by atoms with Gasteiger partial charge in [-0.25, -0.2) is 0 Å². The third kappa shape index (κ3) is 2.76. The summed E-state index contributed by atoms with van der Waals surface area (Å²) in [7, 11) is 0. The molecule has 1 aromatic rings. The fourth-order valence-electron chi connectivity index (χ4n) is 0.971. The summed E-state index contributed by atoms with van der Waals surface area (Å²) in [6.07, 6.45) is -4.69. The lowest BCUT2D eigenvalue weighted by molar-refractivity contribution is -0.258. The summed E-state index contributed by atoms with van der Waals surface area (Å²) in [5.74, 6) is 0. The van der Waals surface area contributed by atoms with Crippen LogP contribution in [-0.4, -0.2) is 11.3 Å². The molecular formula is C9H11ClF3NO. The van der Waals surface area contributed by atoms with Gasteiger partial charge < -0.3 is 10.8 Å². The van der Waals surface area contributed by atoms with Gasteiger partial charge >= 0.3 is 6.18 Å². The number of nitrogen functional groups attached to an aromatic ring is 1. The number of aliphatic hydroxyl groups is 1. The molecule has 0 heterocycles. The molecule has 86 valence electrons. The van der Waals surface area contributed by atoms with Gasteiger partial charge in [0.1, 0.15) is 0 Å². The maximum absolute atomic E-state index is 12.3. The van der Waals surface area contributed by atoms with Gasteiger partial charge in [0, 0.05) is 5.69 Å². The zero-order chi connectivity index (χ0) is 11.0. The van der Waals surface area contributed by atoms with Gasteiger partial charge in [-0.2, -0.15) is 13.2 Å². The topological polar surface area (TPSA) is 46.2 Å². The molecule has 3 N–H and O–H groups in total. The van der Waals surface area contributed by atoms with Crippen LogP contribution in [0.5, 0.6) is 0 Å². The van der Waals surface area contributed by atoms with E-state index in [1.165, 1.54) is 12.1 Å². The summed E-state index contributed by atoms with van der Waals surface area (Å²) in [5, 5.41) is 9.25. The van der Waals surface area contributed by atoms with Gasteiger partial charge in [-0.3, -0.25) is 0 Å². The number of benzene rings is 1. The van der Waals surface area contributed by atoms with Crippen LogP contribution >= 0.6 is 12.4 Å². The number of nitrogens with two attached hydrogens (primary N) is 1. The molecule has 15 heavy (non-hydrogen) atoms. The van der Waals surface area contributed by atoms with Gasteiger partial charge in [-0.05, 0) is 24.6 Å². The van der Waals surface area contributed by atoms with Crippen LogP contribution in [0.15, 0.2) is 24.3 Å². The lowest BCUT2D eigenvalue weighted by Crippen LogP contribution is -2.39. The fourth-order valence-corrected chi connectivity index (χ4v) is 0.971. The quantitative estimate of drug-likeness (QED) is 0.742. The van der Waals surface area contributed by atoms with E-state index in [-0.39, 0.29) is 18.0 Å². The van der Waals surface area contributed by atoms with E-state index in [0.29, 0.717) is 12.6 Å². The molecule has 1 atom stereocenters. The maximum atomic E-state index is 12.3. The molecule has 0 saturated heterocycles. The second-order valence-corrected chi connectivity index (χ2v) is 3.19. The number of hydrogen-bond acceptors (Lipinski definition) is 2. The van der Waals surface area contributed by atoms with Gasteiger partial charge in [0.25, 0.3) is 0 Å². The minimum Gasteiger partial charge on any atom is -0.399 e. The molecule has 0 bridgehead atoms. The number of hydrogen-bond donors (Lipinski definition) is 2. The van der Waals surface area contributed by atoms with Gasteiger partial charge in [-0.15, -0.1) is 12.4 Å². The highest BCUT2D eigenvalue weighted by atomic mass is 35.5. The summed E-state index contributed by atoms with van der Waals surface area (Å²) < 4.78 is 37.0. The molecule has 1 rings (SSSR count). The fraction of sp³-hybridized carbons (Fsp3) is 0.333. The van der Waals surface area contributed by atoms with Gasteiger partial charge in [0.2, 0.25) is 0 Å². The second kappa shape index (κ2) is 4.28. The van der Waals surface area contributed by atoms with E-state index in [1.807, 2.05) is 0 Å². The van der Waals surface area contributed by atoms with Crippen LogP contribution in [0.1, 0.15) is 12.5 Å². The molecule has 0 spiro atoms. The smallest absolute Gasteiger partial charge is 0.399 e. The molecule has 0 aliphatic heterocycles. The third-order valence-electron chi connectivity index (χ3n) is 2.02. The molecule has 0 saturated carbocycles. The molecule has 0 amide bonds. The van der Waals surface area contributed by atoms with Crippen LogP contribution < -0.4 is 5.73 Å². The molecule has 6 heteroatoms. The van der Waals surface area contributed by atoms with Crippen molar-refractivity contribution in [1.29, 1.82) is 0 Å². The van der Waals surface area contributed by atoms with Crippen molar-refractivity contribution in [2.45, 2.75) is 18.7 Å². The Kier molecular flexibility index (Phi) is 4.01. The number of alkyl halides is 3. The Morgan fingerprint density at radius 3 is 1.87 bits per heavy atom. The summed E-state index contributed by atoms with van der Waals surface area (Å²) >= 11 is 0. The lowest BCUT2D eigenvalue weighted by atomic mass is 9.95. The van der Waals surface area contributed by atoms with Crippen molar-refractivity contribution in [1.82, 2.24) is 0 Å². The molecule has 0 fully saturated rings. The van der Waals surface area contributed by atoms with Gasteiger partial charge in [0.05, 0.1) is 0 Å². The van der Waals surface area contributed by atoms with Gasteiger partial charge in [-0.1, -0.05) is 12.1 Å². The van der Waals surface area contributed by atoms with Crippen molar-refractivity contribution in [3.63, 3.8) is 0 Å². The van der Waals surface area contributed by atoms with E-state index in [9.17, 15) is 18.3 Å². The third-order valence-corrected chi connectivity index (χ3v) is 2.02. The Balaban J connectivity index is 0.00000196. The minimum atomic E-state index is -4.69. The highest BCUT2D eigenvalue weighted by Gasteiger charge is 2.50. The van der Waals surface area contributed by atoms with Crippen molar-refractivity contribution in [2.75, 3.05) is 5.73 Å². The average molecular weight is 242 g/mol. The first-order valence-electron chi connectivity index (χ1n) is 3.90. The standard InChI is InChI=1S/C9H10F3NO.ClH/c1-8(14,9(10,11)12)6-2-4-7(13)5-3-6;/h2-5,14H,13H2,1H3;1H. The van der Waals surface area contributed by atoms with Crippen molar-refractivity contribution < 1.29 is 18.3 Å². The van der Waals surface area contributed by atoms with E-state index >= 15 is 0 Å². The Morgan fingerprint density at radius 2 is 1.53 bits per heavy atom. The number of anilines is 1. The van der Waals surface area contributed by atoms with Crippen molar-refractivity contribution >= 4 is 18.1 Å². The van der Waals surface area contributed by atoms with Crippen molar-refractivity contribution in [3.8, 4) is 0 Å². The highest BCUT2D eigenvalue weighted by Crippen LogP contribution is 2.38. The molecule has 2 nitrogen and oxygen atoms in total. The van der Waals surface area contributed by atoms with Crippen LogP contribution in [0.3, 0.4) is 0 Å². The summed E-state index contributed by atoms with van der Waals surface area (Å²) in [4.78, 5) is 0. The zero-order valence-electron chi connectivity index (χ0n) is 7.88. The zero-order valence-corrected chi connectivity index (χ0v) is 8.69. The predicted molar refractivity (Wildman–Crippen MR) is 53.7 cm³/mol. The van der Waals surface area contributed by atoms with Crippen molar-refractivity contribution in [2.24, 2.45) is 0 Å². The summed E-state index contributed by atoms with van der Waals surface area (Å²) in [6, 6.07) is 4.94. The largest absolute Gasteiger partial charge is 0.421 e. The van der Waals surface area contributed by atoms with Gasteiger partial charge in [0.15, 0.2) is 5.60 Å². The molecule has 1 aromatic carbocycles. The number of rotatable bonds is 1. The molecule has 0 aliphatic rings. The average Bonchev–Trinajstić information content (AvgIpc) is 2.03. The van der Waals surface area contributed by atoms with E-state index in [1.54, 1.807) is 0 Å². The molecular weight excluding hydrogens is 231 g/mol. The Bertz CT molecular complexity index is 321. The van der Waals surface area contributed by atoms with Crippen molar-refractivity contribution in [3.05, 3.63) is 29.8 Å². The Hall–Kier alpha value is -0.940.